The summed E-state index contributed by atoms with van der Waals surface area (Å²) in [6, 6.07) is 3.78. The zero-order valence-corrected chi connectivity index (χ0v) is 12.9. The smallest absolute Gasteiger partial charge is 0.184 e. The predicted molar refractivity (Wildman–Crippen MR) is 82.0 cm³/mol. The van der Waals surface area contributed by atoms with Crippen molar-refractivity contribution in [1.82, 2.24) is 5.43 Å². The van der Waals surface area contributed by atoms with Crippen LogP contribution in [0.1, 0.15) is 31.9 Å². The Morgan fingerprint density at radius 1 is 1.50 bits per heavy atom. The molecule has 0 fully saturated rings. The molecule has 0 aromatic heterocycles. The number of nitrogens with two attached hydrogens (primary N) is 1. The van der Waals surface area contributed by atoms with Crippen LogP contribution in [0.5, 0.6) is 5.75 Å². The van der Waals surface area contributed by atoms with Crippen molar-refractivity contribution in [2.24, 2.45) is 10.8 Å². The molecule has 4 nitrogen and oxygen atoms in total. The Hall–Kier alpha value is -1.14. The summed E-state index contributed by atoms with van der Waals surface area (Å²) < 4.78 is 0.631. The van der Waals surface area contributed by atoms with Gasteiger partial charge in [0.15, 0.2) is 5.11 Å². The maximum absolute atomic E-state index is 9.92. The quantitative estimate of drug-likeness (QED) is 0.443. The summed E-state index contributed by atoms with van der Waals surface area (Å²) >= 11 is 7.96. The highest BCUT2D eigenvalue weighted by molar-refractivity contribution is 9.10. The number of phenols is 1. The second-order valence-corrected chi connectivity index (χ2v) is 6.17. The molecule has 6 heteroatoms. The zero-order valence-electron chi connectivity index (χ0n) is 10.5. The van der Waals surface area contributed by atoms with Gasteiger partial charge in [-0.05, 0) is 51.3 Å². The molecule has 1 rings (SSSR count). The third-order valence-electron chi connectivity index (χ3n) is 2.34. The van der Waals surface area contributed by atoms with Crippen molar-refractivity contribution in [2.75, 3.05) is 0 Å². The molecule has 0 amide bonds. The normalized spacial score (nSPS) is 11.8. The first-order chi connectivity index (χ1) is 8.21. The van der Waals surface area contributed by atoms with Crippen LogP contribution >= 0.6 is 28.1 Å². The molecule has 0 spiro atoms. The van der Waals surface area contributed by atoms with Crippen molar-refractivity contribution in [3.8, 4) is 5.75 Å². The molecule has 0 aliphatic carbocycles. The molecular formula is C12H16BrN3OS. The van der Waals surface area contributed by atoms with Crippen LogP contribution in [0.4, 0.5) is 0 Å². The molecule has 0 unspecified atom stereocenters. The van der Waals surface area contributed by atoms with E-state index in [0.717, 1.165) is 5.56 Å². The van der Waals surface area contributed by atoms with E-state index in [-0.39, 0.29) is 16.3 Å². The number of hydrogen-bond donors (Lipinski definition) is 3. The lowest BCUT2D eigenvalue weighted by molar-refractivity contribution is 0.469. The zero-order chi connectivity index (χ0) is 13.9. The number of benzene rings is 1. The monoisotopic (exact) mass is 329 g/mol. The Labute approximate surface area is 120 Å². The number of hydrazone groups is 1. The molecule has 0 saturated carbocycles. The lowest BCUT2D eigenvalue weighted by Crippen LogP contribution is -2.24. The fourth-order valence-corrected chi connectivity index (χ4v) is 1.85. The van der Waals surface area contributed by atoms with Gasteiger partial charge in [-0.2, -0.15) is 5.10 Å². The van der Waals surface area contributed by atoms with Crippen LogP contribution in [0.3, 0.4) is 0 Å². The standard InChI is InChI=1S/C12H16BrN3OS/c1-12(2,3)8-4-7(6-15-16-11(14)18)10(17)9(13)5-8/h4-6,17H,1-3H3,(H3,14,16,18). The summed E-state index contributed by atoms with van der Waals surface area (Å²) in [5.74, 6) is 0.136. The van der Waals surface area contributed by atoms with Gasteiger partial charge in [-0.25, -0.2) is 0 Å². The lowest BCUT2D eigenvalue weighted by Gasteiger charge is -2.20. The molecule has 0 aliphatic heterocycles. The van der Waals surface area contributed by atoms with Crippen molar-refractivity contribution < 1.29 is 5.11 Å². The van der Waals surface area contributed by atoms with E-state index >= 15 is 0 Å². The number of rotatable bonds is 2. The Morgan fingerprint density at radius 2 is 2.11 bits per heavy atom. The van der Waals surface area contributed by atoms with E-state index in [4.69, 9.17) is 5.73 Å². The molecule has 98 valence electrons. The van der Waals surface area contributed by atoms with Crippen molar-refractivity contribution in [3.05, 3.63) is 27.7 Å². The fraction of sp³-hybridized carbons (Fsp3) is 0.333. The third-order valence-corrected chi connectivity index (χ3v) is 3.03. The Bertz CT molecular complexity index is 495. The Balaban J connectivity index is 3.15. The van der Waals surface area contributed by atoms with Crippen molar-refractivity contribution in [2.45, 2.75) is 26.2 Å². The van der Waals surface area contributed by atoms with E-state index in [0.29, 0.717) is 10.0 Å². The first-order valence-corrected chi connectivity index (χ1v) is 6.53. The van der Waals surface area contributed by atoms with Gasteiger partial charge >= 0.3 is 0 Å². The van der Waals surface area contributed by atoms with E-state index in [1.165, 1.54) is 6.21 Å². The maximum atomic E-state index is 9.92. The molecule has 0 saturated heterocycles. The van der Waals surface area contributed by atoms with Crippen LogP contribution in [0.2, 0.25) is 0 Å². The van der Waals surface area contributed by atoms with E-state index in [1.54, 1.807) is 0 Å². The number of halogens is 1. The number of hydrogen-bond acceptors (Lipinski definition) is 3. The van der Waals surface area contributed by atoms with Gasteiger partial charge in [-0.1, -0.05) is 20.8 Å². The van der Waals surface area contributed by atoms with Crippen LogP contribution in [-0.2, 0) is 5.41 Å². The molecular weight excluding hydrogens is 314 g/mol. The van der Waals surface area contributed by atoms with Crippen molar-refractivity contribution in [1.29, 1.82) is 0 Å². The molecule has 4 N–H and O–H groups in total. The second kappa shape index (κ2) is 5.67. The minimum atomic E-state index is -0.0184. The van der Waals surface area contributed by atoms with Crippen LogP contribution in [0.15, 0.2) is 21.7 Å². The van der Waals surface area contributed by atoms with Crippen LogP contribution in [0.25, 0.3) is 0 Å². The van der Waals surface area contributed by atoms with Gasteiger partial charge in [0.2, 0.25) is 0 Å². The molecule has 0 radical (unpaired) electrons. The summed E-state index contributed by atoms with van der Waals surface area (Å²) in [5.41, 5.74) is 9.37. The lowest BCUT2D eigenvalue weighted by atomic mass is 9.86. The fourth-order valence-electron chi connectivity index (χ4n) is 1.32. The molecule has 0 bridgehead atoms. The highest BCUT2D eigenvalue weighted by Gasteiger charge is 2.17. The SMILES string of the molecule is CC(C)(C)c1cc(Br)c(O)c(C=NNC(N)=S)c1. The van der Waals surface area contributed by atoms with Gasteiger partial charge in [0, 0.05) is 5.56 Å². The number of nitrogens with zero attached hydrogens (tertiary/aromatic N) is 1. The first-order valence-electron chi connectivity index (χ1n) is 5.33. The molecule has 0 heterocycles. The van der Waals surface area contributed by atoms with Crippen LogP contribution < -0.4 is 11.2 Å². The van der Waals surface area contributed by atoms with Gasteiger partial charge in [-0.15, -0.1) is 0 Å². The summed E-state index contributed by atoms with van der Waals surface area (Å²) in [6.45, 7) is 6.29. The largest absolute Gasteiger partial charge is 0.506 e. The molecule has 0 aliphatic rings. The predicted octanol–water partition coefficient (Wildman–Crippen LogP) is 2.62. The van der Waals surface area contributed by atoms with E-state index in [9.17, 15) is 5.11 Å². The second-order valence-electron chi connectivity index (χ2n) is 4.88. The maximum Gasteiger partial charge on any atom is 0.184 e. The molecule has 1 aromatic rings. The topological polar surface area (TPSA) is 70.6 Å². The highest BCUT2D eigenvalue weighted by Crippen LogP contribution is 2.33. The average Bonchev–Trinajstić information content (AvgIpc) is 2.22. The minimum absolute atomic E-state index is 0.0184. The molecule has 0 atom stereocenters. The first kappa shape index (κ1) is 14.9. The van der Waals surface area contributed by atoms with Gasteiger partial charge < -0.3 is 10.8 Å². The average molecular weight is 330 g/mol. The number of thiocarbonyl (C=S) groups is 1. The van der Waals surface area contributed by atoms with Gasteiger partial charge in [0.1, 0.15) is 5.75 Å². The Morgan fingerprint density at radius 3 is 2.61 bits per heavy atom. The highest BCUT2D eigenvalue weighted by atomic mass is 79.9. The van der Waals surface area contributed by atoms with E-state index in [2.05, 4.69) is 59.4 Å². The van der Waals surface area contributed by atoms with Crippen molar-refractivity contribution in [3.63, 3.8) is 0 Å². The van der Waals surface area contributed by atoms with E-state index in [1.807, 2.05) is 12.1 Å². The summed E-state index contributed by atoms with van der Waals surface area (Å²) in [5, 5.41) is 13.8. The van der Waals surface area contributed by atoms with Gasteiger partial charge in [0.25, 0.3) is 0 Å². The Kier molecular flexibility index (Phi) is 4.70. The number of phenolic OH excluding ortho intramolecular Hbond substituents is 1. The summed E-state index contributed by atoms with van der Waals surface area (Å²) in [6.07, 6.45) is 1.48. The van der Waals surface area contributed by atoms with Gasteiger partial charge in [0.05, 0.1) is 10.7 Å². The summed E-state index contributed by atoms with van der Waals surface area (Å²) in [7, 11) is 0. The number of nitrogens with one attached hydrogen (secondary N) is 1. The molecule has 18 heavy (non-hydrogen) atoms. The van der Waals surface area contributed by atoms with Crippen LogP contribution in [-0.4, -0.2) is 16.4 Å². The molecule has 1 aromatic carbocycles. The van der Waals surface area contributed by atoms with Gasteiger partial charge in [-0.3, -0.25) is 5.43 Å². The van der Waals surface area contributed by atoms with Crippen molar-refractivity contribution >= 4 is 39.5 Å². The minimum Gasteiger partial charge on any atom is -0.506 e. The third kappa shape index (κ3) is 3.96. The summed E-state index contributed by atoms with van der Waals surface area (Å²) in [4.78, 5) is 0. The van der Waals surface area contributed by atoms with Crippen LogP contribution in [0, 0.1) is 0 Å². The number of aromatic hydroxyl groups is 1. The van der Waals surface area contributed by atoms with E-state index < -0.39 is 0 Å².